The number of halogens is 1. The molecule has 0 unspecified atom stereocenters. The summed E-state index contributed by atoms with van der Waals surface area (Å²) in [6.45, 7) is 2.91. The van der Waals surface area contributed by atoms with Crippen molar-refractivity contribution in [1.82, 2.24) is 0 Å². The van der Waals surface area contributed by atoms with Gasteiger partial charge in [-0.05, 0) is 25.1 Å². The molecule has 0 saturated carbocycles. The van der Waals surface area contributed by atoms with E-state index in [0.29, 0.717) is 30.3 Å². The number of fused-ring (bicyclic) bond motifs is 1. The molecule has 0 saturated heterocycles. The Labute approximate surface area is 96.5 Å². The monoisotopic (exact) mass is 270 g/mol. The summed E-state index contributed by atoms with van der Waals surface area (Å²) in [6.07, 6.45) is 0. The van der Waals surface area contributed by atoms with E-state index < -0.39 is 0 Å². The van der Waals surface area contributed by atoms with E-state index in [0.717, 1.165) is 0 Å². The molecule has 15 heavy (non-hydrogen) atoms. The van der Waals surface area contributed by atoms with Gasteiger partial charge in [-0.2, -0.15) is 0 Å². The number of carbonyl (C=O) groups is 1. The van der Waals surface area contributed by atoms with Crippen LogP contribution in [-0.2, 0) is 0 Å². The average Bonchev–Trinajstić information content (AvgIpc) is 2.27. The van der Waals surface area contributed by atoms with Gasteiger partial charge in [-0.1, -0.05) is 15.9 Å². The van der Waals surface area contributed by atoms with Crippen LogP contribution in [0.3, 0.4) is 0 Å². The minimum absolute atomic E-state index is 0.0481. The third-order valence-electron chi connectivity index (χ3n) is 2.19. The van der Waals surface area contributed by atoms with Crippen molar-refractivity contribution in [3.63, 3.8) is 0 Å². The fourth-order valence-electron chi connectivity index (χ4n) is 1.43. The second-order valence-corrected chi connectivity index (χ2v) is 4.71. The van der Waals surface area contributed by atoms with Gasteiger partial charge in [-0.3, -0.25) is 4.79 Å². The lowest BCUT2D eigenvalue weighted by Gasteiger charge is -2.18. The van der Waals surface area contributed by atoms with Crippen LogP contribution in [0.5, 0.6) is 11.5 Å². The summed E-state index contributed by atoms with van der Waals surface area (Å²) in [4.78, 5) is 11.5. The molecule has 0 aromatic heterocycles. The maximum Gasteiger partial charge on any atom is 0.176 e. The van der Waals surface area contributed by atoms with E-state index in [1.54, 1.807) is 25.1 Å². The number of ether oxygens (including phenoxy) is 2. The Hall–Kier alpha value is -1.03. The van der Waals surface area contributed by atoms with Crippen LogP contribution in [0.1, 0.15) is 17.3 Å². The number of benzene rings is 1. The van der Waals surface area contributed by atoms with Gasteiger partial charge in [-0.25, -0.2) is 0 Å². The molecule has 0 amide bonds. The van der Waals surface area contributed by atoms with Crippen molar-refractivity contribution in [2.75, 3.05) is 13.2 Å². The standard InChI is InChI=1S/C11H11BrO3/c1-7(12)11(13)8-2-3-9-10(6-8)15-5-4-14-9/h2-3,6-7H,4-5H2,1H3/t7-/m1/s1. The SMILES string of the molecule is C[C@@H](Br)C(=O)c1ccc2c(c1)OCCO2. The van der Waals surface area contributed by atoms with E-state index in [2.05, 4.69) is 15.9 Å². The Morgan fingerprint density at radius 3 is 2.67 bits per heavy atom. The molecule has 1 heterocycles. The molecule has 3 nitrogen and oxygen atoms in total. The van der Waals surface area contributed by atoms with Crippen molar-refractivity contribution in [1.29, 1.82) is 0 Å². The second kappa shape index (κ2) is 4.23. The van der Waals surface area contributed by atoms with E-state index in [9.17, 15) is 4.79 Å². The minimum atomic E-state index is -0.181. The van der Waals surface area contributed by atoms with Crippen LogP contribution in [0.25, 0.3) is 0 Å². The first kappa shape index (κ1) is 10.5. The first-order valence-electron chi connectivity index (χ1n) is 4.76. The van der Waals surface area contributed by atoms with Crippen LogP contribution in [0.4, 0.5) is 0 Å². The largest absolute Gasteiger partial charge is 0.486 e. The quantitative estimate of drug-likeness (QED) is 0.612. The fourth-order valence-corrected chi connectivity index (χ4v) is 1.69. The maximum atomic E-state index is 11.7. The normalized spacial score (nSPS) is 15.9. The van der Waals surface area contributed by atoms with Crippen LogP contribution in [0, 0.1) is 0 Å². The molecular formula is C11H11BrO3. The zero-order valence-electron chi connectivity index (χ0n) is 8.33. The van der Waals surface area contributed by atoms with Crippen LogP contribution >= 0.6 is 15.9 Å². The van der Waals surface area contributed by atoms with E-state index in [1.807, 2.05) is 0 Å². The van der Waals surface area contributed by atoms with Gasteiger partial charge in [0.15, 0.2) is 17.3 Å². The summed E-state index contributed by atoms with van der Waals surface area (Å²) >= 11 is 3.25. The Kier molecular flexibility index (Phi) is 2.95. The van der Waals surface area contributed by atoms with Gasteiger partial charge in [0.2, 0.25) is 0 Å². The molecule has 4 heteroatoms. The van der Waals surface area contributed by atoms with Gasteiger partial charge < -0.3 is 9.47 Å². The van der Waals surface area contributed by atoms with Gasteiger partial charge in [0.25, 0.3) is 0 Å². The van der Waals surface area contributed by atoms with Gasteiger partial charge >= 0.3 is 0 Å². The van der Waals surface area contributed by atoms with Crippen molar-refractivity contribution in [2.45, 2.75) is 11.8 Å². The molecule has 0 fully saturated rings. The number of ketones is 1. The predicted octanol–water partition coefficient (Wildman–Crippen LogP) is 2.42. The summed E-state index contributed by atoms with van der Waals surface area (Å²) in [5.41, 5.74) is 0.642. The maximum absolute atomic E-state index is 11.7. The summed E-state index contributed by atoms with van der Waals surface area (Å²) in [7, 11) is 0. The van der Waals surface area contributed by atoms with E-state index in [4.69, 9.17) is 9.47 Å². The summed E-state index contributed by atoms with van der Waals surface area (Å²) in [5.74, 6) is 1.41. The number of alkyl halides is 1. The fraction of sp³-hybridized carbons (Fsp3) is 0.364. The Bertz CT molecular complexity index is 387. The molecule has 0 spiro atoms. The van der Waals surface area contributed by atoms with E-state index >= 15 is 0 Å². The summed E-state index contributed by atoms with van der Waals surface area (Å²) in [5, 5.41) is 0. The van der Waals surface area contributed by atoms with Crippen molar-refractivity contribution in [2.24, 2.45) is 0 Å². The van der Waals surface area contributed by atoms with Crippen molar-refractivity contribution < 1.29 is 14.3 Å². The van der Waals surface area contributed by atoms with E-state index in [-0.39, 0.29) is 10.6 Å². The zero-order valence-corrected chi connectivity index (χ0v) is 9.91. The predicted molar refractivity (Wildman–Crippen MR) is 60.2 cm³/mol. The lowest BCUT2D eigenvalue weighted by Crippen LogP contribution is -2.16. The molecule has 0 N–H and O–H groups in total. The molecule has 0 bridgehead atoms. The smallest absolute Gasteiger partial charge is 0.176 e. The third-order valence-corrected chi connectivity index (χ3v) is 2.60. The molecule has 80 valence electrons. The third kappa shape index (κ3) is 2.15. The molecule has 0 radical (unpaired) electrons. The molecular weight excluding hydrogens is 260 g/mol. The van der Waals surface area contributed by atoms with Crippen molar-refractivity contribution >= 4 is 21.7 Å². The van der Waals surface area contributed by atoms with Crippen LogP contribution < -0.4 is 9.47 Å². The molecule has 1 atom stereocenters. The molecule has 1 aromatic rings. The lowest BCUT2D eigenvalue weighted by atomic mass is 10.1. The lowest BCUT2D eigenvalue weighted by molar-refractivity contribution is 0.0994. The van der Waals surface area contributed by atoms with Gasteiger partial charge in [0.1, 0.15) is 13.2 Å². The van der Waals surface area contributed by atoms with Crippen LogP contribution in [0.15, 0.2) is 18.2 Å². The molecule has 1 aliphatic rings. The number of hydrogen-bond acceptors (Lipinski definition) is 3. The average molecular weight is 271 g/mol. The van der Waals surface area contributed by atoms with Gasteiger partial charge in [0, 0.05) is 5.56 Å². The van der Waals surface area contributed by atoms with Crippen molar-refractivity contribution in [3.8, 4) is 11.5 Å². The van der Waals surface area contributed by atoms with Crippen molar-refractivity contribution in [3.05, 3.63) is 23.8 Å². The number of Topliss-reactive ketones (excluding diaryl/α,β-unsaturated/α-hetero) is 1. The highest BCUT2D eigenvalue weighted by molar-refractivity contribution is 9.10. The highest BCUT2D eigenvalue weighted by Gasteiger charge is 2.17. The number of carbonyl (C=O) groups excluding carboxylic acids is 1. The zero-order chi connectivity index (χ0) is 10.8. The van der Waals surface area contributed by atoms with Gasteiger partial charge in [-0.15, -0.1) is 0 Å². The highest BCUT2D eigenvalue weighted by atomic mass is 79.9. The first-order chi connectivity index (χ1) is 7.18. The molecule has 0 aliphatic carbocycles. The number of rotatable bonds is 2. The topological polar surface area (TPSA) is 35.5 Å². The first-order valence-corrected chi connectivity index (χ1v) is 5.68. The Morgan fingerprint density at radius 2 is 2.00 bits per heavy atom. The molecule has 1 aromatic carbocycles. The van der Waals surface area contributed by atoms with E-state index in [1.165, 1.54) is 0 Å². The summed E-state index contributed by atoms with van der Waals surface area (Å²) in [6, 6.07) is 5.26. The van der Waals surface area contributed by atoms with Crippen LogP contribution in [0.2, 0.25) is 0 Å². The molecule has 1 aliphatic heterocycles. The highest BCUT2D eigenvalue weighted by Crippen LogP contribution is 2.31. The second-order valence-electron chi connectivity index (χ2n) is 3.34. The minimum Gasteiger partial charge on any atom is -0.486 e. The van der Waals surface area contributed by atoms with Gasteiger partial charge in [0.05, 0.1) is 4.83 Å². The Balaban J connectivity index is 2.32. The molecule has 2 rings (SSSR count). The Morgan fingerprint density at radius 1 is 1.33 bits per heavy atom. The summed E-state index contributed by atoms with van der Waals surface area (Å²) < 4.78 is 10.8. The van der Waals surface area contributed by atoms with Crippen LogP contribution in [-0.4, -0.2) is 23.8 Å². The number of hydrogen-bond donors (Lipinski definition) is 0.